The Labute approximate surface area is 269 Å². The van der Waals surface area contributed by atoms with Crippen LogP contribution in [0.15, 0.2) is 42.5 Å². The van der Waals surface area contributed by atoms with Crippen LogP contribution in [0.2, 0.25) is 0 Å². The molecule has 0 aromatic heterocycles. The molecule has 0 aliphatic heterocycles. The maximum Gasteiger partial charge on any atom is 0.416 e. The van der Waals surface area contributed by atoms with Crippen LogP contribution in [-0.4, -0.2) is 25.8 Å². The SMILES string of the molecule is CCCCCCCCCCOc1ccc(/C=C(/C(=O)OCC)c2cccc(C(F)(F)F)c2)cc1OCCCCCCCCCC. The van der Waals surface area contributed by atoms with Gasteiger partial charge in [0.05, 0.1) is 31.0 Å². The van der Waals surface area contributed by atoms with Crippen molar-refractivity contribution in [3.8, 4) is 11.5 Å². The molecule has 0 N–H and O–H groups in total. The van der Waals surface area contributed by atoms with Crippen molar-refractivity contribution in [2.75, 3.05) is 19.8 Å². The molecule has 0 heterocycles. The second-order valence-electron chi connectivity index (χ2n) is 11.7. The minimum atomic E-state index is -4.53. The number of hydrogen-bond donors (Lipinski definition) is 0. The topological polar surface area (TPSA) is 44.8 Å². The molecule has 7 heteroatoms. The number of carbonyl (C=O) groups is 1. The smallest absolute Gasteiger partial charge is 0.416 e. The van der Waals surface area contributed by atoms with Crippen LogP contribution in [0.5, 0.6) is 11.5 Å². The van der Waals surface area contributed by atoms with Gasteiger partial charge in [-0.2, -0.15) is 13.2 Å². The molecule has 2 aromatic rings. The van der Waals surface area contributed by atoms with Crippen LogP contribution >= 0.6 is 0 Å². The summed E-state index contributed by atoms with van der Waals surface area (Å²) in [5.74, 6) is 0.512. The van der Waals surface area contributed by atoms with Crippen molar-refractivity contribution in [2.24, 2.45) is 0 Å². The maximum atomic E-state index is 13.4. The Balaban J connectivity index is 2.16. The monoisotopic (exact) mass is 632 g/mol. The van der Waals surface area contributed by atoms with Gasteiger partial charge in [-0.15, -0.1) is 0 Å². The normalized spacial score (nSPS) is 11.9. The molecule has 0 saturated heterocycles. The highest BCUT2D eigenvalue weighted by atomic mass is 19.4. The Hall–Kier alpha value is -2.96. The van der Waals surface area contributed by atoms with Gasteiger partial charge in [0.2, 0.25) is 0 Å². The summed E-state index contributed by atoms with van der Waals surface area (Å²) in [7, 11) is 0. The van der Waals surface area contributed by atoms with E-state index in [1.54, 1.807) is 25.1 Å². The highest BCUT2D eigenvalue weighted by molar-refractivity contribution is 6.21. The molecule has 0 radical (unpaired) electrons. The van der Waals surface area contributed by atoms with E-state index in [4.69, 9.17) is 14.2 Å². The average molecular weight is 633 g/mol. The van der Waals surface area contributed by atoms with Crippen LogP contribution in [0.25, 0.3) is 11.6 Å². The quantitative estimate of drug-likeness (QED) is 0.0500. The molecule has 4 nitrogen and oxygen atoms in total. The third-order valence-electron chi connectivity index (χ3n) is 7.79. The van der Waals surface area contributed by atoms with E-state index in [0.717, 1.165) is 37.8 Å². The third kappa shape index (κ3) is 15.7. The van der Waals surface area contributed by atoms with Crippen LogP contribution in [0.4, 0.5) is 13.2 Å². The van der Waals surface area contributed by atoms with Crippen LogP contribution in [0.3, 0.4) is 0 Å². The molecule has 252 valence electrons. The second-order valence-corrected chi connectivity index (χ2v) is 11.7. The molecule has 0 bridgehead atoms. The minimum Gasteiger partial charge on any atom is -0.490 e. The van der Waals surface area contributed by atoms with Gasteiger partial charge in [0, 0.05) is 0 Å². The van der Waals surface area contributed by atoms with Crippen molar-refractivity contribution >= 4 is 17.6 Å². The predicted octanol–water partition coefficient (Wildman–Crippen LogP) is 11.8. The highest BCUT2D eigenvalue weighted by Crippen LogP contribution is 2.34. The number of rotatable bonds is 24. The van der Waals surface area contributed by atoms with Gasteiger partial charge in [-0.25, -0.2) is 4.79 Å². The number of unbranched alkanes of at least 4 members (excludes halogenated alkanes) is 14. The zero-order valence-corrected chi connectivity index (χ0v) is 27.8. The largest absolute Gasteiger partial charge is 0.490 e. The average Bonchev–Trinajstić information content (AvgIpc) is 3.02. The van der Waals surface area contributed by atoms with Crippen molar-refractivity contribution in [2.45, 2.75) is 130 Å². The van der Waals surface area contributed by atoms with Crippen molar-refractivity contribution in [1.29, 1.82) is 0 Å². The summed E-state index contributed by atoms with van der Waals surface area (Å²) in [6.07, 6.45) is 16.2. The van der Waals surface area contributed by atoms with Gasteiger partial charge < -0.3 is 14.2 Å². The van der Waals surface area contributed by atoms with Crippen LogP contribution < -0.4 is 9.47 Å². The number of hydrogen-bond acceptors (Lipinski definition) is 4. The van der Waals surface area contributed by atoms with Crippen LogP contribution in [-0.2, 0) is 15.7 Å². The van der Waals surface area contributed by atoms with Gasteiger partial charge in [-0.1, -0.05) is 122 Å². The number of halogens is 3. The van der Waals surface area contributed by atoms with E-state index in [-0.39, 0.29) is 17.7 Å². The fourth-order valence-electron chi connectivity index (χ4n) is 5.18. The molecular weight excluding hydrogens is 577 g/mol. The molecule has 0 unspecified atom stereocenters. The van der Waals surface area contributed by atoms with Crippen molar-refractivity contribution in [1.82, 2.24) is 0 Å². The van der Waals surface area contributed by atoms with Crippen molar-refractivity contribution in [3.05, 3.63) is 59.2 Å². The van der Waals surface area contributed by atoms with Crippen LogP contribution in [0, 0.1) is 0 Å². The van der Waals surface area contributed by atoms with Crippen LogP contribution in [0.1, 0.15) is 140 Å². The molecule has 0 aliphatic rings. The first-order valence-corrected chi connectivity index (χ1v) is 17.3. The van der Waals surface area contributed by atoms with Gasteiger partial charge in [-0.05, 0) is 61.2 Å². The number of esters is 1. The Bertz CT molecular complexity index is 1130. The molecular formula is C38H55F3O4. The van der Waals surface area contributed by atoms with E-state index in [1.165, 1.54) is 89.2 Å². The minimum absolute atomic E-state index is 0.0459. The standard InChI is InChI=1S/C38H55F3O4/c1-4-7-9-11-13-15-17-19-26-44-35-25-24-31(29-36(35)45-27-20-18-16-14-12-10-8-5-2)28-34(37(42)43-6-3)32-22-21-23-33(30-32)38(39,40)41/h21-25,28-30H,4-20,26-27H2,1-3H3/b34-28+. The number of carbonyl (C=O) groups excluding carboxylic acids is 1. The lowest BCUT2D eigenvalue weighted by molar-refractivity contribution is -0.138. The molecule has 0 fully saturated rings. The Morgan fingerprint density at radius 3 is 1.73 bits per heavy atom. The third-order valence-corrected chi connectivity index (χ3v) is 7.79. The molecule has 0 spiro atoms. The number of benzene rings is 2. The summed E-state index contributed by atoms with van der Waals surface area (Å²) in [5, 5.41) is 0. The van der Waals surface area contributed by atoms with Gasteiger partial charge in [0.25, 0.3) is 0 Å². The molecule has 2 aromatic carbocycles. The maximum absolute atomic E-state index is 13.4. The zero-order chi connectivity index (χ0) is 32.8. The summed E-state index contributed by atoms with van der Waals surface area (Å²) in [5.41, 5.74) is -0.0283. The Morgan fingerprint density at radius 1 is 0.667 bits per heavy atom. The Kier molecular flexibility index (Phi) is 19.1. The highest BCUT2D eigenvalue weighted by Gasteiger charge is 2.31. The Morgan fingerprint density at radius 2 is 1.20 bits per heavy atom. The number of ether oxygens (including phenoxy) is 3. The van der Waals surface area contributed by atoms with E-state index in [2.05, 4.69) is 13.8 Å². The zero-order valence-electron chi connectivity index (χ0n) is 27.8. The number of alkyl halides is 3. The summed E-state index contributed by atoms with van der Waals surface area (Å²) < 4.78 is 57.9. The fraction of sp³-hybridized carbons (Fsp3) is 0.605. The summed E-state index contributed by atoms with van der Waals surface area (Å²) in [6, 6.07) is 10.1. The van der Waals surface area contributed by atoms with Gasteiger partial charge in [-0.3, -0.25) is 0 Å². The summed E-state index contributed by atoms with van der Waals surface area (Å²) in [4.78, 5) is 12.9. The molecule has 45 heavy (non-hydrogen) atoms. The summed E-state index contributed by atoms with van der Waals surface area (Å²) >= 11 is 0. The van der Waals surface area contributed by atoms with Crippen molar-refractivity contribution < 1.29 is 32.2 Å². The first kappa shape index (κ1) is 38.2. The lowest BCUT2D eigenvalue weighted by atomic mass is 10.00. The van der Waals surface area contributed by atoms with E-state index in [0.29, 0.717) is 30.3 Å². The van der Waals surface area contributed by atoms with Crippen molar-refractivity contribution in [3.63, 3.8) is 0 Å². The van der Waals surface area contributed by atoms with E-state index < -0.39 is 17.7 Å². The lowest BCUT2D eigenvalue weighted by Gasteiger charge is -2.15. The summed E-state index contributed by atoms with van der Waals surface area (Å²) in [6.45, 7) is 7.33. The molecule has 0 atom stereocenters. The van der Waals surface area contributed by atoms with E-state index in [9.17, 15) is 18.0 Å². The van der Waals surface area contributed by atoms with E-state index in [1.807, 2.05) is 6.07 Å². The van der Waals surface area contributed by atoms with Gasteiger partial charge >= 0.3 is 12.1 Å². The lowest BCUT2D eigenvalue weighted by Crippen LogP contribution is -2.09. The molecule has 2 rings (SSSR count). The molecule has 0 aliphatic carbocycles. The molecule has 0 saturated carbocycles. The first-order chi connectivity index (χ1) is 21.8. The molecule has 0 amide bonds. The predicted molar refractivity (Wildman–Crippen MR) is 179 cm³/mol. The first-order valence-electron chi connectivity index (χ1n) is 17.3. The van der Waals surface area contributed by atoms with E-state index >= 15 is 0 Å². The fourth-order valence-corrected chi connectivity index (χ4v) is 5.18. The second kappa shape index (κ2) is 22.5. The van der Waals surface area contributed by atoms with Gasteiger partial charge in [0.15, 0.2) is 11.5 Å². The van der Waals surface area contributed by atoms with Gasteiger partial charge in [0.1, 0.15) is 0 Å².